The SMILES string of the molecule is Cc1cc(C)c(NC(=O)C(C)CC(N)=O)c(Cl)c1. The molecule has 0 radical (unpaired) electrons. The summed E-state index contributed by atoms with van der Waals surface area (Å²) in [6.45, 7) is 5.45. The molecule has 0 aromatic heterocycles. The largest absolute Gasteiger partial charge is 0.370 e. The normalized spacial score (nSPS) is 12.0. The lowest BCUT2D eigenvalue weighted by Gasteiger charge is -2.14. The molecule has 0 aliphatic rings. The highest BCUT2D eigenvalue weighted by atomic mass is 35.5. The minimum Gasteiger partial charge on any atom is -0.370 e. The molecule has 1 atom stereocenters. The first-order valence-electron chi connectivity index (χ1n) is 5.67. The number of hydrogen-bond donors (Lipinski definition) is 2. The van der Waals surface area contributed by atoms with Crippen LogP contribution >= 0.6 is 11.6 Å². The predicted molar refractivity (Wildman–Crippen MR) is 72.5 cm³/mol. The predicted octanol–water partition coefficient (Wildman–Crippen LogP) is 2.41. The summed E-state index contributed by atoms with van der Waals surface area (Å²) in [4.78, 5) is 22.6. The molecule has 0 spiro atoms. The summed E-state index contributed by atoms with van der Waals surface area (Å²) in [5, 5.41) is 3.22. The Balaban J connectivity index is 2.85. The highest BCUT2D eigenvalue weighted by molar-refractivity contribution is 6.34. The van der Waals surface area contributed by atoms with Gasteiger partial charge in [-0.15, -0.1) is 0 Å². The van der Waals surface area contributed by atoms with Crippen molar-refractivity contribution in [2.75, 3.05) is 5.32 Å². The van der Waals surface area contributed by atoms with Crippen LogP contribution in [0.4, 0.5) is 5.69 Å². The van der Waals surface area contributed by atoms with Crippen molar-refractivity contribution in [2.24, 2.45) is 11.7 Å². The Morgan fingerprint density at radius 2 is 2.00 bits per heavy atom. The molecule has 5 heteroatoms. The first kappa shape index (κ1) is 14.5. The van der Waals surface area contributed by atoms with Crippen LogP contribution in [0.3, 0.4) is 0 Å². The van der Waals surface area contributed by atoms with Crippen LogP contribution in [-0.2, 0) is 9.59 Å². The van der Waals surface area contributed by atoms with E-state index in [9.17, 15) is 9.59 Å². The molecule has 0 saturated heterocycles. The van der Waals surface area contributed by atoms with E-state index in [-0.39, 0.29) is 12.3 Å². The molecule has 18 heavy (non-hydrogen) atoms. The van der Waals surface area contributed by atoms with Gasteiger partial charge in [-0.3, -0.25) is 9.59 Å². The summed E-state index contributed by atoms with van der Waals surface area (Å²) in [6.07, 6.45) is 0.0222. The van der Waals surface area contributed by atoms with Crippen LogP contribution in [0.25, 0.3) is 0 Å². The monoisotopic (exact) mass is 268 g/mol. The minimum absolute atomic E-state index is 0.0222. The van der Waals surface area contributed by atoms with Gasteiger partial charge in [-0.1, -0.05) is 24.6 Å². The van der Waals surface area contributed by atoms with E-state index < -0.39 is 11.8 Å². The lowest BCUT2D eigenvalue weighted by molar-refractivity contribution is -0.125. The van der Waals surface area contributed by atoms with Crippen LogP contribution in [0.5, 0.6) is 0 Å². The van der Waals surface area contributed by atoms with E-state index in [1.807, 2.05) is 19.9 Å². The average Bonchev–Trinajstić information content (AvgIpc) is 2.21. The molecule has 1 aromatic carbocycles. The average molecular weight is 269 g/mol. The Bertz CT molecular complexity index is 463. The molecule has 1 unspecified atom stereocenters. The molecule has 0 fully saturated rings. The van der Waals surface area contributed by atoms with E-state index in [2.05, 4.69) is 5.32 Å². The Kier molecular flexibility index (Phi) is 4.73. The van der Waals surface area contributed by atoms with Gasteiger partial charge >= 0.3 is 0 Å². The summed E-state index contributed by atoms with van der Waals surface area (Å²) in [7, 11) is 0. The molecule has 1 rings (SSSR count). The van der Waals surface area contributed by atoms with Crippen molar-refractivity contribution in [2.45, 2.75) is 27.2 Å². The third kappa shape index (κ3) is 3.74. The van der Waals surface area contributed by atoms with Crippen molar-refractivity contribution in [1.82, 2.24) is 0 Å². The Morgan fingerprint density at radius 1 is 1.39 bits per heavy atom. The minimum atomic E-state index is -0.496. The van der Waals surface area contributed by atoms with E-state index in [1.54, 1.807) is 13.0 Å². The van der Waals surface area contributed by atoms with E-state index in [4.69, 9.17) is 17.3 Å². The number of amides is 2. The second kappa shape index (κ2) is 5.87. The van der Waals surface area contributed by atoms with Crippen molar-refractivity contribution in [3.05, 3.63) is 28.3 Å². The van der Waals surface area contributed by atoms with Gasteiger partial charge in [0.25, 0.3) is 0 Å². The number of nitrogens with one attached hydrogen (secondary N) is 1. The fraction of sp³-hybridized carbons (Fsp3) is 0.385. The molecular formula is C13H17ClN2O2. The first-order valence-corrected chi connectivity index (χ1v) is 6.05. The molecule has 2 amide bonds. The van der Waals surface area contributed by atoms with Gasteiger partial charge in [0.2, 0.25) is 11.8 Å². The number of carbonyl (C=O) groups is 2. The molecule has 1 aromatic rings. The van der Waals surface area contributed by atoms with Crippen LogP contribution in [0.1, 0.15) is 24.5 Å². The number of hydrogen-bond acceptors (Lipinski definition) is 2. The number of primary amides is 1. The first-order chi connectivity index (χ1) is 8.31. The van der Waals surface area contributed by atoms with Crippen molar-refractivity contribution in [1.29, 1.82) is 0 Å². The second-order valence-electron chi connectivity index (χ2n) is 4.50. The van der Waals surface area contributed by atoms with Gasteiger partial charge in [0.1, 0.15) is 0 Å². The zero-order valence-corrected chi connectivity index (χ0v) is 11.5. The maximum atomic E-state index is 11.9. The Labute approximate surface area is 112 Å². The van der Waals surface area contributed by atoms with Crippen molar-refractivity contribution in [3.63, 3.8) is 0 Å². The topological polar surface area (TPSA) is 72.2 Å². The fourth-order valence-electron chi connectivity index (χ4n) is 1.71. The maximum Gasteiger partial charge on any atom is 0.227 e. The van der Waals surface area contributed by atoms with Crippen molar-refractivity contribution < 1.29 is 9.59 Å². The Hall–Kier alpha value is -1.55. The Morgan fingerprint density at radius 3 is 2.50 bits per heavy atom. The van der Waals surface area contributed by atoms with Crippen LogP contribution in [0.2, 0.25) is 5.02 Å². The maximum absolute atomic E-state index is 11.9. The molecule has 4 nitrogen and oxygen atoms in total. The summed E-state index contributed by atoms with van der Waals surface area (Å²) in [6, 6.07) is 3.71. The van der Waals surface area contributed by atoms with Crippen LogP contribution in [0, 0.1) is 19.8 Å². The van der Waals surface area contributed by atoms with Crippen LogP contribution < -0.4 is 11.1 Å². The number of benzene rings is 1. The fourth-order valence-corrected chi connectivity index (χ4v) is 2.08. The van der Waals surface area contributed by atoms with Gasteiger partial charge in [-0.05, 0) is 31.0 Å². The van der Waals surface area contributed by atoms with E-state index in [0.29, 0.717) is 10.7 Å². The molecule has 98 valence electrons. The number of nitrogens with two attached hydrogens (primary N) is 1. The van der Waals surface area contributed by atoms with Gasteiger partial charge in [0, 0.05) is 12.3 Å². The summed E-state index contributed by atoms with van der Waals surface area (Å²) < 4.78 is 0. The number of halogens is 1. The molecule has 3 N–H and O–H groups in total. The zero-order chi connectivity index (χ0) is 13.9. The highest BCUT2D eigenvalue weighted by Gasteiger charge is 2.17. The third-order valence-corrected chi connectivity index (χ3v) is 2.93. The zero-order valence-electron chi connectivity index (χ0n) is 10.7. The number of aryl methyl sites for hydroxylation is 2. The van der Waals surface area contributed by atoms with Crippen LogP contribution in [0.15, 0.2) is 12.1 Å². The van der Waals surface area contributed by atoms with Gasteiger partial charge in [-0.25, -0.2) is 0 Å². The smallest absolute Gasteiger partial charge is 0.227 e. The van der Waals surface area contributed by atoms with Gasteiger partial charge < -0.3 is 11.1 Å². The third-order valence-electron chi connectivity index (χ3n) is 2.63. The van der Waals surface area contributed by atoms with Crippen molar-refractivity contribution >= 4 is 29.1 Å². The summed E-state index contributed by atoms with van der Waals surface area (Å²) in [5.41, 5.74) is 7.56. The van der Waals surface area contributed by atoms with E-state index >= 15 is 0 Å². The lowest BCUT2D eigenvalue weighted by atomic mass is 10.1. The number of carbonyl (C=O) groups excluding carboxylic acids is 2. The molecule has 0 saturated carbocycles. The van der Waals surface area contributed by atoms with Crippen molar-refractivity contribution in [3.8, 4) is 0 Å². The quantitative estimate of drug-likeness (QED) is 0.880. The summed E-state index contributed by atoms with van der Waals surface area (Å²) >= 11 is 6.08. The molecule has 0 heterocycles. The van der Waals surface area contributed by atoms with E-state index in [1.165, 1.54) is 0 Å². The molecule has 0 aliphatic carbocycles. The number of anilines is 1. The van der Waals surface area contributed by atoms with E-state index in [0.717, 1.165) is 11.1 Å². The second-order valence-corrected chi connectivity index (χ2v) is 4.91. The highest BCUT2D eigenvalue weighted by Crippen LogP contribution is 2.27. The van der Waals surface area contributed by atoms with Crippen LogP contribution in [-0.4, -0.2) is 11.8 Å². The lowest BCUT2D eigenvalue weighted by Crippen LogP contribution is -2.26. The van der Waals surface area contributed by atoms with Gasteiger partial charge in [-0.2, -0.15) is 0 Å². The molecule has 0 aliphatic heterocycles. The molecule has 0 bridgehead atoms. The van der Waals surface area contributed by atoms with Gasteiger partial charge in [0.05, 0.1) is 10.7 Å². The standard InChI is InChI=1S/C13H17ClN2O2/c1-7-4-8(2)12(10(14)5-7)16-13(18)9(3)6-11(15)17/h4-5,9H,6H2,1-3H3,(H2,15,17)(H,16,18). The number of rotatable bonds is 4. The molecular weight excluding hydrogens is 252 g/mol. The van der Waals surface area contributed by atoms with Gasteiger partial charge in [0.15, 0.2) is 0 Å². The summed E-state index contributed by atoms with van der Waals surface area (Å²) in [5.74, 6) is -1.23.